The Kier molecular flexibility index (Phi) is 5.78. The minimum Gasteiger partial charge on any atom is -0.478 e. The van der Waals surface area contributed by atoms with Gasteiger partial charge in [0.2, 0.25) is 0 Å². The SMILES string of the molecule is NC(=O)NCCNC(=O)Nc1ccc(C(=O)O)cc1Br. The quantitative estimate of drug-likeness (QED) is 0.508. The standard InChI is InChI=1S/C11H13BrN4O4/c12-7-5-6(9(17)18)1-2-8(7)16-11(20)15-4-3-14-10(13)19/h1-2,5H,3-4H2,(H,17,18)(H3,13,14,19)(H2,15,16,20). The molecule has 108 valence electrons. The topological polar surface area (TPSA) is 134 Å². The zero-order valence-corrected chi connectivity index (χ0v) is 11.9. The third-order valence-electron chi connectivity index (χ3n) is 2.17. The van der Waals surface area contributed by atoms with Crippen LogP contribution in [-0.4, -0.2) is 36.2 Å². The lowest BCUT2D eigenvalue weighted by atomic mass is 10.2. The van der Waals surface area contributed by atoms with Crippen molar-refractivity contribution in [3.63, 3.8) is 0 Å². The van der Waals surface area contributed by atoms with Crippen molar-refractivity contribution in [3.05, 3.63) is 28.2 Å². The number of carbonyl (C=O) groups excluding carboxylic acids is 2. The van der Waals surface area contributed by atoms with Crippen LogP contribution in [-0.2, 0) is 0 Å². The molecule has 20 heavy (non-hydrogen) atoms. The van der Waals surface area contributed by atoms with Gasteiger partial charge in [-0.1, -0.05) is 0 Å². The van der Waals surface area contributed by atoms with Crippen molar-refractivity contribution in [1.29, 1.82) is 0 Å². The van der Waals surface area contributed by atoms with Gasteiger partial charge in [0.1, 0.15) is 0 Å². The van der Waals surface area contributed by atoms with Crippen LogP contribution in [0.3, 0.4) is 0 Å². The molecular weight excluding hydrogens is 332 g/mol. The van der Waals surface area contributed by atoms with Crippen LogP contribution in [0, 0.1) is 0 Å². The summed E-state index contributed by atoms with van der Waals surface area (Å²) in [5.41, 5.74) is 5.39. The van der Waals surface area contributed by atoms with Crippen molar-refractivity contribution >= 4 is 39.6 Å². The van der Waals surface area contributed by atoms with Crippen molar-refractivity contribution in [3.8, 4) is 0 Å². The van der Waals surface area contributed by atoms with Crippen LogP contribution in [0.4, 0.5) is 15.3 Å². The summed E-state index contributed by atoms with van der Waals surface area (Å²) >= 11 is 3.17. The number of nitrogens with one attached hydrogen (secondary N) is 3. The molecule has 0 saturated carbocycles. The van der Waals surface area contributed by atoms with E-state index in [0.717, 1.165) is 0 Å². The Bertz CT molecular complexity index is 535. The number of carboxylic acids is 1. The van der Waals surface area contributed by atoms with Gasteiger partial charge in [-0.05, 0) is 34.1 Å². The maximum absolute atomic E-state index is 11.5. The van der Waals surface area contributed by atoms with Gasteiger partial charge in [0.25, 0.3) is 0 Å². The first-order chi connectivity index (χ1) is 9.40. The molecule has 6 N–H and O–H groups in total. The molecule has 0 spiro atoms. The molecule has 0 aliphatic heterocycles. The second-order valence-electron chi connectivity index (χ2n) is 3.67. The van der Waals surface area contributed by atoms with E-state index in [1.807, 2.05) is 0 Å². The van der Waals surface area contributed by atoms with E-state index in [1.54, 1.807) is 0 Å². The predicted molar refractivity (Wildman–Crippen MR) is 75.7 cm³/mol. The second-order valence-corrected chi connectivity index (χ2v) is 4.53. The molecule has 0 fully saturated rings. The van der Waals surface area contributed by atoms with Crippen LogP contribution in [0.5, 0.6) is 0 Å². The Morgan fingerprint density at radius 3 is 2.40 bits per heavy atom. The average Bonchev–Trinajstić information content (AvgIpc) is 2.36. The fraction of sp³-hybridized carbons (Fsp3) is 0.182. The van der Waals surface area contributed by atoms with Gasteiger partial charge in [-0.15, -0.1) is 0 Å². The van der Waals surface area contributed by atoms with E-state index in [0.29, 0.717) is 10.2 Å². The van der Waals surface area contributed by atoms with Crippen LogP contribution in [0.25, 0.3) is 0 Å². The molecule has 0 unspecified atom stereocenters. The van der Waals surface area contributed by atoms with E-state index in [9.17, 15) is 14.4 Å². The zero-order valence-electron chi connectivity index (χ0n) is 10.3. The monoisotopic (exact) mass is 344 g/mol. The summed E-state index contributed by atoms with van der Waals surface area (Å²) < 4.78 is 0.447. The number of carboxylic acid groups (broad SMARTS) is 1. The summed E-state index contributed by atoms with van der Waals surface area (Å²) in [6, 6.07) is 3.07. The van der Waals surface area contributed by atoms with Gasteiger partial charge in [-0.2, -0.15) is 0 Å². The van der Waals surface area contributed by atoms with Gasteiger partial charge >= 0.3 is 18.0 Å². The highest BCUT2D eigenvalue weighted by Gasteiger charge is 2.08. The molecule has 0 atom stereocenters. The van der Waals surface area contributed by atoms with Gasteiger partial charge in [0.05, 0.1) is 11.3 Å². The summed E-state index contributed by atoms with van der Waals surface area (Å²) in [6.45, 7) is 0.418. The summed E-state index contributed by atoms with van der Waals surface area (Å²) in [5, 5.41) is 16.1. The van der Waals surface area contributed by atoms with E-state index < -0.39 is 18.0 Å². The lowest BCUT2D eigenvalue weighted by Gasteiger charge is -2.09. The molecule has 0 saturated heterocycles. The number of primary amides is 1. The Labute approximate surface area is 122 Å². The lowest BCUT2D eigenvalue weighted by Crippen LogP contribution is -2.38. The van der Waals surface area contributed by atoms with E-state index >= 15 is 0 Å². The molecule has 8 nitrogen and oxygen atoms in total. The van der Waals surface area contributed by atoms with E-state index in [4.69, 9.17) is 10.8 Å². The minimum absolute atomic E-state index is 0.105. The molecule has 1 rings (SSSR count). The predicted octanol–water partition coefficient (Wildman–Crippen LogP) is 0.937. The normalized spacial score (nSPS) is 9.65. The van der Waals surface area contributed by atoms with Crippen molar-refractivity contribution in [2.75, 3.05) is 18.4 Å². The number of hydrogen-bond acceptors (Lipinski definition) is 3. The number of halogens is 1. The number of carbonyl (C=O) groups is 3. The van der Waals surface area contributed by atoms with Gasteiger partial charge in [0.15, 0.2) is 0 Å². The number of rotatable bonds is 5. The molecule has 1 aromatic rings. The Hall–Kier alpha value is -2.29. The van der Waals surface area contributed by atoms with Crippen molar-refractivity contribution in [2.45, 2.75) is 0 Å². The zero-order chi connectivity index (χ0) is 15.1. The third kappa shape index (κ3) is 5.14. The molecule has 0 bridgehead atoms. The molecule has 0 aliphatic rings. The smallest absolute Gasteiger partial charge is 0.335 e. The highest BCUT2D eigenvalue weighted by molar-refractivity contribution is 9.10. The summed E-state index contributed by atoms with van der Waals surface area (Å²) in [5.74, 6) is -1.06. The highest BCUT2D eigenvalue weighted by Crippen LogP contribution is 2.23. The third-order valence-corrected chi connectivity index (χ3v) is 2.83. The molecule has 0 aliphatic carbocycles. The minimum atomic E-state index is -1.06. The molecule has 0 aromatic heterocycles. The van der Waals surface area contributed by atoms with Crippen LogP contribution in [0.15, 0.2) is 22.7 Å². The molecule has 1 aromatic carbocycles. The Morgan fingerprint density at radius 1 is 1.20 bits per heavy atom. The number of benzene rings is 1. The lowest BCUT2D eigenvalue weighted by molar-refractivity contribution is 0.0697. The van der Waals surface area contributed by atoms with Crippen LogP contribution >= 0.6 is 15.9 Å². The summed E-state index contributed by atoms with van der Waals surface area (Å²) in [6.07, 6.45) is 0. The summed E-state index contributed by atoms with van der Waals surface area (Å²) in [7, 11) is 0. The van der Waals surface area contributed by atoms with Gasteiger partial charge in [-0.3, -0.25) is 0 Å². The molecule has 0 heterocycles. The van der Waals surface area contributed by atoms with Gasteiger partial charge in [-0.25, -0.2) is 14.4 Å². The molecule has 9 heteroatoms. The highest BCUT2D eigenvalue weighted by atomic mass is 79.9. The molecule has 0 radical (unpaired) electrons. The first-order valence-corrected chi connectivity index (χ1v) is 6.30. The Balaban J connectivity index is 2.50. The number of hydrogen-bond donors (Lipinski definition) is 5. The van der Waals surface area contributed by atoms with Crippen LogP contribution in [0.2, 0.25) is 0 Å². The van der Waals surface area contributed by atoms with Gasteiger partial charge in [0, 0.05) is 17.6 Å². The maximum Gasteiger partial charge on any atom is 0.335 e. The number of aromatic carboxylic acids is 1. The summed E-state index contributed by atoms with van der Waals surface area (Å²) in [4.78, 5) is 32.7. The Morgan fingerprint density at radius 2 is 1.85 bits per heavy atom. The number of anilines is 1. The number of nitrogens with two attached hydrogens (primary N) is 1. The maximum atomic E-state index is 11.5. The van der Waals surface area contributed by atoms with Crippen LogP contribution in [0.1, 0.15) is 10.4 Å². The fourth-order valence-corrected chi connectivity index (χ4v) is 1.76. The first-order valence-electron chi connectivity index (χ1n) is 5.51. The molecule has 4 amide bonds. The number of amides is 4. The van der Waals surface area contributed by atoms with Gasteiger partial charge < -0.3 is 26.8 Å². The number of urea groups is 2. The largest absolute Gasteiger partial charge is 0.478 e. The second kappa shape index (κ2) is 7.34. The van der Waals surface area contributed by atoms with Crippen molar-refractivity contribution in [2.24, 2.45) is 5.73 Å². The van der Waals surface area contributed by atoms with Crippen LogP contribution < -0.4 is 21.7 Å². The van der Waals surface area contributed by atoms with E-state index in [1.165, 1.54) is 18.2 Å². The van der Waals surface area contributed by atoms with Crippen molar-refractivity contribution in [1.82, 2.24) is 10.6 Å². The fourth-order valence-electron chi connectivity index (χ4n) is 1.28. The van der Waals surface area contributed by atoms with Crippen molar-refractivity contribution < 1.29 is 19.5 Å². The molecular formula is C11H13BrN4O4. The van der Waals surface area contributed by atoms with E-state index in [2.05, 4.69) is 31.9 Å². The average molecular weight is 345 g/mol. The van der Waals surface area contributed by atoms with E-state index in [-0.39, 0.29) is 18.7 Å². The first kappa shape index (κ1) is 15.8.